The van der Waals surface area contributed by atoms with Gasteiger partial charge in [-0.2, -0.15) is 0 Å². The Morgan fingerprint density at radius 1 is 0.839 bits per heavy atom. The molecule has 6 nitrogen and oxygen atoms in total. The fourth-order valence-corrected chi connectivity index (χ4v) is 3.54. The normalized spacial score (nSPS) is 12.6. The number of benzene rings is 3. The number of rotatable bonds is 6. The molecule has 3 aromatic carbocycles. The number of carbonyl (C=O) groups excluding carboxylic acids is 3. The topological polar surface area (TPSA) is 69.7 Å². The van der Waals surface area contributed by atoms with Crippen LogP contribution >= 0.6 is 0 Å². The number of imide groups is 1. The summed E-state index contributed by atoms with van der Waals surface area (Å²) in [5.74, 6) is -1.00. The zero-order chi connectivity index (χ0) is 22.0. The van der Waals surface area contributed by atoms with E-state index in [-0.39, 0.29) is 29.8 Å². The number of nitrogens with one attached hydrogen (secondary N) is 1. The van der Waals surface area contributed by atoms with Crippen LogP contribution in [0.15, 0.2) is 72.8 Å². The zero-order valence-corrected chi connectivity index (χ0v) is 17.5. The van der Waals surface area contributed by atoms with Crippen molar-refractivity contribution in [1.29, 1.82) is 0 Å². The molecule has 0 unspecified atom stereocenters. The van der Waals surface area contributed by atoms with Crippen LogP contribution in [-0.4, -0.2) is 36.7 Å². The first-order valence-electron chi connectivity index (χ1n) is 10.0. The molecule has 0 aromatic heterocycles. The first-order valence-corrected chi connectivity index (χ1v) is 10.0. The Hall–Kier alpha value is -3.93. The van der Waals surface area contributed by atoms with E-state index in [0.717, 1.165) is 16.8 Å². The summed E-state index contributed by atoms with van der Waals surface area (Å²) in [6, 6.07) is 21.9. The van der Waals surface area contributed by atoms with Crippen LogP contribution in [0.1, 0.15) is 42.2 Å². The van der Waals surface area contributed by atoms with E-state index in [4.69, 9.17) is 0 Å². The number of hydrogen-bond acceptors (Lipinski definition) is 4. The van der Waals surface area contributed by atoms with Gasteiger partial charge in [0.2, 0.25) is 0 Å². The lowest BCUT2D eigenvalue weighted by Gasteiger charge is -2.13. The van der Waals surface area contributed by atoms with Crippen molar-refractivity contribution < 1.29 is 14.4 Å². The summed E-state index contributed by atoms with van der Waals surface area (Å²) in [7, 11) is 3.94. The Bertz CT molecular complexity index is 1140. The van der Waals surface area contributed by atoms with Crippen LogP contribution in [0.4, 0.5) is 5.69 Å². The molecular formula is C25H23N3O3. The average Bonchev–Trinajstić information content (AvgIpc) is 3.02. The second-order valence-electron chi connectivity index (χ2n) is 7.69. The van der Waals surface area contributed by atoms with Gasteiger partial charge in [0.1, 0.15) is 0 Å². The van der Waals surface area contributed by atoms with Crippen molar-refractivity contribution in [1.82, 2.24) is 10.2 Å². The molecule has 156 valence electrons. The molecule has 31 heavy (non-hydrogen) atoms. The molecule has 1 heterocycles. The van der Waals surface area contributed by atoms with Gasteiger partial charge in [-0.1, -0.05) is 42.5 Å². The van der Waals surface area contributed by atoms with Crippen molar-refractivity contribution >= 4 is 23.4 Å². The number of nitrogens with zero attached hydrogens (tertiary/aromatic N) is 2. The van der Waals surface area contributed by atoms with E-state index in [1.54, 1.807) is 12.1 Å². The van der Waals surface area contributed by atoms with E-state index >= 15 is 0 Å². The highest BCUT2D eigenvalue weighted by atomic mass is 16.2. The number of carbonyl (C=O) groups is 3. The van der Waals surface area contributed by atoms with Crippen molar-refractivity contribution in [2.75, 3.05) is 19.0 Å². The van der Waals surface area contributed by atoms with Gasteiger partial charge in [-0.25, -0.2) is 0 Å². The molecule has 3 amide bonds. The van der Waals surface area contributed by atoms with Gasteiger partial charge in [0.05, 0.1) is 17.7 Å². The van der Waals surface area contributed by atoms with Crippen LogP contribution in [0.3, 0.4) is 0 Å². The van der Waals surface area contributed by atoms with Gasteiger partial charge in [-0.05, 0) is 41.5 Å². The Labute approximate surface area is 181 Å². The number of fused-ring (bicyclic) bond motifs is 1. The highest BCUT2D eigenvalue weighted by Crippen LogP contribution is 2.25. The van der Waals surface area contributed by atoms with Crippen LogP contribution in [-0.2, 0) is 13.1 Å². The highest BCUT2D eigenvalue weighted by Gasteiger charge is 2.35. The summed E-state index contributed by atoms with van der Waals surface area (Å²) >= 11 is 0. The van der Waals surface area contributed by atoms with Gasteiger partial charge < -0.3 is 10.2 Å². The van der Waals surface area contributed by atoms with Gasteiger partial charge in [0.25, 0.3) is 17.7 Å². The third-order valence-corrected chi connectivity index (χ3v) is 5.32. The largest absolute Gasteiger partial charge is 0.378 e. The molecule has 0 saturated carbocycles. The molecule has 0 fully saturated rings. The van der Waals surface area contributed by atoms with Crippen molar-refractivity contribution in [3.63, 3.8) is 0 Å². The second kappa shape index (κ2) is 8.44. The Morgan fingerprint density at radius 2 is 1.52 bits per heavy atom. The first-order chi connectivity index (χ1) is 14.9. The molecule has 0 bridgehead atoms. The summed E-state index contributed by atoms with van der Waals surface area (Å²) in [5.41, 5.74) is 3.87. The van der Waals surface area contributed by atoms with Gasteiger partial charge in [0, 0.05) is 31.9 Å². The van der Waals surface area contributed by atoms with Crippen LogP contribution in [0, 0.1) is 0 Å². The van der Waals surface area contributed by atoms with E-state index in [2.05, 4.69) is 5.32 Å². The van der Waals surface area contributed by atoms with Crippen molar-refractivity contribution in [2.24, 2.45) is 0 Å². The van der Waals surface area contributed by atoms with Crippen molar-refractivity contribution in [2.45, 2.75) is 13.1 Å². The lowest BCUT2D eigenvalue weighted by molar-refractivity contribution is 0.0642. The molecule has 3 aromatic rings. The molecule has 1 aliphatic heterocycles. The fraction of sp³-hybridized carbons (Fsp3) is 0.160. The monoisotopic (exact) mass is 413 g/mol. The van der Waals surface area contributed by atoms with Crippen LogP contribution in [0.25, 0.3) is 0 Å². The molecular weight excluding hydrogens is 390 g/mol. The van der Waals surface area contributed by atoms with Crippen LogP contribution in [0.5, 0.6) is 0 Å². The van der Waals surface area contributed by atoms with Gasteiger partial charge >= 0.3 is 0 Å². The van der Waals surface area contributed by atoms with Crippen molar-refractivity contribution in [3.8, 4) is 0 Å². The summed E-state index contributed by atoms with van der Waals surface area (Å²) in [6.07, 6.45) is 0. The standard InChI is InChI=1S/C25H23N3O3/c1-27(2)20-11-8-17(9-12-20)15-26-23(29)19-10-13-21-22(14-19)25(31)28(24(21)30)16-18-6-4-3-5-7-18/h3-14H,15-16H2,1-2H3,(H,26,29). The third kappa shape index (κ3) is 4.19. The summed E-state index contributed by atoms with van der Waals surface area (Å²) < 4.78 is 0. The molecule has 4 rings (SSSR count). The average molecular weight is 413 g/mol. The maximum absolute atomic E-state index is 12.8. The molecule has 0 aliphatic carbocycles. The van der Waals surface area contributed by atoms with E-state index in [1.165, 1.54) is 11.0 Å². The Morgan fingerprint density at radius 3 is 2.19 bits per heavy atom. The number of amides is 3. The van der Waals surface area contributed by atoms with Gasteiger partial charge in [0.15, 0.2) is 0 Å². The first kappa shape index (κ1) is 20.3. The summed E-state index contributed by atoms with van der Waals surface area (Å²) in [5, 5.41) is 2.87. The van der Waals surface area contributed by atoms with Crippen molar-refractivity contribution in [3.05, 3.63) is 101 Å². The maximum atomic E-state index is 12.8. The predicted molar refractivity (Wildman–Crippen MR) is 119 cm³/mol. The summed E-state index contributed by atoms with van der Waals surface area (Å²) in [4.78, 5) is 41.3. The quantitative estimate of drug-likeness (QED) is 0.628. The molecule has 6 heteroatoms. The van der Waals surface area contributed by atoms with Crippen LogP contribution < -0.4 is 10.2 Å². The third-order valence-electron chi connectivity index (χ3n) is 5.32. The lowest BCUT2D eigenvalue weighted by Crippen LogP contribution is -2.29. The minimum atomic E-state index is -0.377. The second-order valence-corrected chi connectivity index (χ2v) is 7.69. The minimum absolute atomic E-state index is 0.206. The fourth-order valence-electron chi connectivity index (χ4n) is 3.54. The zero-order valence-electron chi connectivity index (χ0n) is 17.5. The summed E-state index contributed by atoms with van der Waals surface area (Å²) in [6.45, 7) is 0.578. The van der Waals surface area contributed by atoms with E-state index in [1.807, 2.05) is 73.6 Å². The molecule has 1 N–H and O–H groups in total. The lowest BCUT2D eigenvalue weighted by atomic mass is 10.1. The molecule has 0 spiro atoms. The molecule has 0 atom stereocenters. The predicted octanol–water partition coefficient (Wildman–Crippen LogP) is 3.48. The van der Waals surface area contributed by atoms with E-state index in [0.29, 0.717) is 17.7 Å². The minimum Gasteiger partial charge on any atom is -0.378 e. The number of hydrogen-bond donors (Lipinski definition) is 1. The highest BCUT2D eigenvalue weighted by molar-refractivity contribution is 6.22. The van der Waals surface area contributed by atoms with Crippen LogP contribution in [0.2, 0.25) is 0 Å². The molecule has 1 aliphatic rings. The SMILES string of the molecule is CN(C)c1ccc(CNC(=O)c2ccc3c(c2)C(=O)N(Cc2ccccc2)C3=O)cc1. The Kier molecular flexibility index (Phi) is 5.54. The van der Waals surface area contributed by atoms with Gasteiger partial charge in [-0.3, -0.25) is 19.3 Å². The maximum Gasteiger partial charge on any atom is 0.261 e. The Balaban J connectivity index is 1.45. The van der Waals surface area contributed by atoms with E-state index in [9.17, 15) is 14.4 Å². The molecule has 0 saturated heterocycles. The van der Waals surface area contributed by atoms with Gasteiger partial charge in [-0.15, -0.1) is 0 Å². The number of anilines is 1. The smallest absolute Gasteiger partial charge is 0.261 e. The van der Waals surface area contributed by atoms with E-state index < -0.39 is 0 Å². The molecule has 0 radical (unpaired) electrons.